The molecular weight excluding hydrogens is 374 g/mol. The molecule has 27 heavy (non-hydrogen) atoms. The minimum absolute atomic E-state index is 0.0584. The van der Waals surface area contributed by atoms with Gasteiger partial charge < -0.3 is 10.5 Å². The number of nitrogens with zero attached hydrogens (tertiary/aromatic N) is 3. The molecule has 0 fully saturated rings. The number of aryl methyl sites for hydroxylation is 2. The van der Waals surface area contributed by atoms with Crippen LogP contribution in [0.5, 0.6) is 0 Å². The van der Waals surface area contributed by atoms with Gasteiger partial charge in [-0.25, -0.2) is 19.3 Å². The largest absolute Gasteiger partial charge is 0.447 e. The standard InChI is InChI=1S/C17H20ClN5O4/c1-8(2)14(15(24)21-17(19)26)27-16(25)13-11(18)5-6-12(20-13)23-10(4)7-9(3)22-23/h5-8,14H,1-4H3,(H3,19,21,24,26). The van der Waals surface area contributed by atoms with Gasteiger partial charge >= 0.3 is 12.0 Å². The number of carbonyl (C=O) groups is 3. The summed E-state index contributed by atoms with van der Waals surface area (Å²) in [4.78, 5) is 39.7. The van der Waals surface area contributed by atoms with Gasteiger partial charge in [0.05, 0.1) is 10.7 Å². The molecule has 3 amide bonds. The number of imide groups is 1. The lowest BCUT2D eigenvalue weighted by Gasteiger charge is -2.20. The van der Waals surface area contributed by atoms with Crippen LogP contribution in [0.3, 0.4) is 0 Å². The highest BCUT2D eigenvalue weighted by Crippen LogP contribution is 2.20. The number of esters is 1. The summed E-state index contributed by atoms with van der Waals surface area (Å²) in [7, 11) is 0. The van der Waals surface area contributed by atoms with Gasteiger partial charge in [0.2, 0.25) is 0 Å². The third-order valence-corrected chi connectivity index (χ3v) is 3.90. The summed E-state index contributed by atoms with van der Waals surface area (Å²) in [6.07, 6.45) is -1.24. The van der Waals surface area contributed by atoms with Crippen molar-refractivity contribution < 1.29 is 19.1 Å². The molecule has 2 aromatic heterocycles. The van der Waals surface area contributed by atoms with Gasteiger partial charge in [0.1, 0.15) is 0 Å². The van der Waals surface area contributed by atoms with E-state index < -0.39 is 29.9 Å². The molecule has 10 heteroatoms. The maximum absolute atomic E-state index is 12.5. The van der Waals surface area contributed by atoms with Gasteiger partial charge in [0, 0.05) is 5.69 Å². The van der Waals surface area contributed by atoms with Crippen LogP contribution in [0.4, 0.5) is 4.79 Å². The molecule has 0 spiro atoms. The van der Waals surface area contributed by atoms with Crippen molar-refractivity contribution in [3.63, 3.8) is 0 Å². The van der Waals surface area contributed by atoms with Crippen molar-refractivity contribution in [1.82, 2.24) is 20.1 Å². The van der Waals surface area contributed by atoms with E-state index in [0.29, 0.717) is 5.82 Å². The fourth-order valence-electron chi connectivity index (χ4n) is 2.41. The molecule has 2 rings (SSSR count). The van der Waals surface area contributed by atoms with Crippen LogP contribution >= 0.6 is 11.6 Å². The normalized spacial score (nSPS) is 11.9. The Labute approximate surface area is 160 Å². The number of primary amides is 1. The van der Waals surface area contributed by atoms with E-state index in [1.807, 2.05) is 25.2 Å². The lowest BCUT2D eigenvalue weighted by molar-refractivity contribution is -0.130. The number of halogens is 1. The van der Waals surface area contributed by atoms with Crippen LogP contribution in [0.15, 0.2) is 18.2 Å². The quantitative estimate of drug-likeness (QED) is 0.746. The molecular formula is C17H20ClN5O4. The Kier molecular flexibility index (Phi) is 6.17. The van der Waals surface area contributed by atoms with Crippen molar-refractivity contribution in [3.8, 4) is 5.82 Å². The first-order chi connectivity index (χ1) is 12.6. The number of nitrogens with two attached hydrogens (primary N) is 1. The summed E-state index contributed by atoms with van der Waals surface area (Å²) in [5.74, 6) is -1.76. The Morgan fingerprint density at radius 1 is 1.26 bits per heavy atom. The van der Waals surface area contributed by atoms with E-state index in [2.05, 4.69) is 10.1 Å². The predicted molar refractivity (Wildman–Crippen MR) is 97.6 cm³/mol. The van der Waals surface area contributed by atoms with Gasteiger partial charge in [-0.15, -0.1) is 0 Å². The van der Waals surface area contributed by atoms with Gasteiger partial charge in [-0.3, -0.25) is 10.1 Å². The summed E-state index contributed by atoms with van der Waals surface area (Å²) in [5, 5.41) is 6.26. The molecule has 0 aliphatic heterocycles. The van der Waals surface area contributed by atoms with Crippen molar-refractivity contribution >= 4 is 29.5 Å². The summed E-state index contributed by atoms with van der Waals surface area (Å²) >= 11 is 6.08. The zero-order chi connectivity index (χ0) is 20.3. The van der Waals surface area contributed by atoms with Crippen LogP contribution in [0.25, 0.3) is 5.82 Å². The third-order valence-electron chi connectivity index (χ3n) is 3.60. The minimum Gasteiger partial charge on any atom is -0.447 e. The molecule has 2 heterocycles. The van der Waals surface area contributed by atoms with Gasteiger partial charge in [0.15, 0.2) is 17.6 Å². The number of nitrogens with one attached hydrogen (secondary N) is 1. The molecule has 1 atom stereocenters. The third kappa shape index (κ3) is 4.82. The zero-order valence-corrected chi connectivity index (χ0v) is 16.1. The smallest absolute Gasteiger partial charge is 0.359 e. The Morgan fingerprint density at radius 3 is 2.44 bits per heavy atom. The average molecular weight is 394 g/mol. The maximum Gasteiger partial charge on any atom is 0.359 e. The zero-order valence-electron chi connectivity index (χ0n) is 15.3. The fraction of sp³-hybridized carbons (Fsp3) is 0.353. The van der Waals surface area contributed by atoms with Crippen molar-refractivity contribution in [2.24, 2.45) is 11.7 Å². The number of urea groups is 1. The summed E-state index contributed by atoms with van der Waals surface area (Å²) in [5.41, 5.74) is 6.39. The lowest BCUT2D eigenvalue weighted by Crippen LogP contribution is -2.45. The van der Waals surface area contributed by atoms with Gasteiger partial charge in [-0.2, -0.15) is 5.10 Å². The Bertz CT molecular complexity index is 893. The first kappa shape index (κ1) is 20.4. The van der Waals surface area contributed by atoms with Gasteiger partial charge in [0.25, 0.3) is 5.91 Å². The first-order valence-corrected chi connectivity index (χ1v) is 8.49. The predicted octanol–water partition coefficient (Wildman–Crippen LogP) is 1.91. The summed E-state index contributed by atoms with van der Waals surface area (Å²) < 4.78 is 6.79. The number of amides is 3. The number of hydrogen-bond donors (Lipinski definition) is 2. The molecule has 0 bridgehead atoms. The second kappa shape index (κ2) is 8.17. The highest BCUT2D eigenvalue weighted by atomic mass is 35.5. The second-order valence-corrected chi connectivity index (χ2v) is 6.67. The number of ether oxygens (including phenoxy) is 1. The number of pyridine rings is 1. The number of rotatable bonds is 5. The maximum atomic E-state index is 12.5. The summed E-state index contributed by atoms with van der Waals surface area (Å²) in [6.45, 7) is 6.98. The number of aromatic nitrogens is 3. The van der Waals surface area contributed by atoms with Crippen LogP contribution < -0.4 is 11.1 Å². The molecule has 0 aliphatic rings. The molecule has 9 nitrogen and oxygen atoms in total. The minimum atomic E-state index is -1.24. The number of hydrogen-bond acceptors (Lipinski definition) is 6. The second-order valence-electron chi connectivity index (χ2n) is 6.26. The van der Waals surface area contributed by atoms with Crippen LogP contribution in [-0.2, 0) is 9.53 Å². The molecule has 2 aromatic rings. The van der Waals surface area contributed by atoms with Crippen LogP contribution in [0.1, 0.15) is 35.7 Å². The van der Waals surface area contributed by atoms with Crippen molar-refractivity contribution in [3.05, 3.63) is 40.3 Å². The number of carbonyl (C=O) groups excluding carboxylic acids is 3. The van der Waals surface area contributed by atoms with E-state index in [1.54, 1.807) is 24.6 Å². The molecule has 0 aliphatic carbocycles. The summed E-state index contributed by atoms with van der Waals surface area (Å²) in [6, 6.07) is 3.92. The molecule has 144 valence electrons. The first-order valence-electron chi connectivity index (χ1n) is 8.11. The molecule has 0 aromatic carbocycles. The Balaban J connectivity index is 2.32. The molecule has 3 N–H and O–H groups in total. The van der Waals surface area contributed by atoms with E-state index >= 15 is 0 Å². The van der Waals surface area contributed by atoms with Crippen LogP contribution in [0.2, 0.25) is 5.02 Å². The molecule has 0 saturated heterocycles. The Morgan fingerprint density at radius 2 is 1.93 bits per heavy atom. The van der Waals surface area contributed by atoms with Gasteiger partial charge in [-0.05, 0) is 38.0 Å². The average Bonchev–Trinajstić information content (AvgIpc) is 2.90. The lowest BCUT2D eigenvalue weighted by atomic mass is 10.1. The van der Waals surface area contributed by atoms with Gasteiger partial charge in [-0.1, -0.05) is 25.4 Å². The highest BCUT2D eigenvalue weighted by Gasteiger charge is 2.29. The molecule has 0 radical (unpaired) electrons. The van der Waals surface area contributed by atoms with Crippen LogP contribution in [0, 0.1) is 19.8 Å². The van der Waals surface area contributed by atoms with E-state index in [4.69, 9.17) is 22.1 Å². The SMILES string of the molecule is Cc1cc(C)n(-c2ccc(Cl)c(C(=O)OC(C(=O)NC(N)=O)C(C)C)n2)n1. The fourth-order valence-corrected chi connectivity index (χ4v) is 2.59. The Hall–Kier alpha value is -2.94. The topological polar surface area (TPSA) is 129 Å². The van der Waals surface area contributed by atoms with Crippen molar-refractivity contribution in [2.45, 2.75) is 33.8 Å². The van der Waals surface area contributed by atoms with E-state index in [0.717, 1.165) is 11.4 Å². The van der Waals surface area contributed by atoms with E-state index in [1.165, 1.54) is 6.07 Å². The molecule has 1 unspecified atom stereocenters. The highest BCUT2D eigenvalue weighted by molar-refractivity contribution is 6.33. The van der Waals surface area contributed by atoms with Crippen LogP contribution in [-0.4, -0.2) is 38.8 Å². The van der Waals surface area contributed by atoms with E-state index in [-0.39, 0.29) is 10.7 Å². The van der Waals surface area contributed by atoms with E-state index in [9.17, 15) is 14.4 Å². The van der Waals surface area contributed by atoms with Crippen molar-refractivity contribution in [1.29, 1.82) is 0 Å². The monoisotopic (exact) mass is 393 g/mol. The van der Waals surface area contributed by atoms with Crippen molar-refractivity contribution in [2.75, 3.05) is 0 Å². The molecule has 0 saturated carbocycles.